The van der Waals surface area contributed by atoms with E-state index in [1.165, 1.54) is 36.9 Å². The zero-order valence-corrected chi connectivity index (χ0v) is 13.9. The number of hydrogen-bond donors (Lipinski definition) is 1. The normalized spacial score (nSPS) is 21.0. The number of piperidine rings is 1. The molecule has 2 aliphatic rings. The maximum absolute atomic E-state index is 5.97. The third-order valence-corrected chi connectivity index (χ3v) is 5.18. The van der Waals surface area contributed by atoms with Gasteiger partial charge in [-0.1, -0.05) is 26.1 Å². The minimum Gasteiger partial charge on any atom is -0.389 e. The lowest BCUT2D eigenvalue weighted by Crippen LogP contribution is -2.39. The number of anilines is 1. The van der Waals surface area contributed by atoms with Crippen LogP contribution in [0.2, 0.25) is 0 Å². The Hall–Kier alpha value is -1.16. The largest absolute Gasteiger partial charge is 0.389 e. The van der Waals surface area contributed by atoms with Crippen LogP contribution in [0.3, 0.4) is 0 Å². The lowest BCUT2D eigenvalue weighted by atomic mass is 9.82. The quantitative estimate of drug-likeness (QED) is 0.852. The summed E-state index contributed by atoms with van der Waals surface area (Å²) in [6, 6.07) is 2.21. The van der Waals surface area contributed by atoms with Gasteiger partial charge in [-0.05, 0) is 55.6 Å². The summed E-state index contributed by atoms with van der Waals surface area (Å²) < 4.78 is 0. The van der Waals surface area contributed by atoms with Crippen molar-refractivity contribution in [3.63, 3.8) is 0 Å². The summed E-state index contributed by atoms with van der Waals surface area (Å²) >= 11 is 5.28. The van der Waals surface area contributed by atoms with E-state index in [-0.39, 0.29) is 0 Å². The lowest BCUT2D eigenvalue weighted by molar-refractivity contribution is 0.279. The average Bonchev–Trinajstić information content (AvgIpc) is 2.46. The molecule has 3 nitrogen and oxygen atoms in total. The maximum atomic E-state index is 5.97. The molecule has 1 aromatic heterocycles. The van der Waals surface area contributed by atoms with Gasteiger partial charge in [0.2, 0.25) is 0 Å². The van der Waals surface area contributed by atoms with Crippen molar-refractivity contribution in [2.45, 2.75) is 52.4 Å². The first kappa shape index (κ1) is 14.8. The van der Waals surface area contributed by atoms with Crippen LogP contribution in [-0.2, 0) is 12.8 Å². The third-order valence-electron chi connectivity index (χ3n) is 4.96. The molecule has 0 aromatic carbocycles. The Balaban J connectivity index is 1.95. The molecule has 0 atom stereocenters. The molecule has 0 unspecified atom stereocenters. The Kier molecular flexibility index (Phi) is 3.91. The molecule has 0 saturated carbocycles. The van der Waals surface area contributed by atoms with Gasteiger partial charge in [0.25, 0.3) is 0 Å². The summed E-state index contributed by atoms with van der Waals surface area (Å²) in [6.45, 7) is 6.79. The fourth-order valence-electron chi connectivity index (χ4n) is 3.37. The van der Waals surface area contributed by atoms with Gasteiger partial charge in [-0.2, -0.15) is 0 Å². The van der Waals surface area contributed by atoms with E-state index in [9.17, 15) is 0 Å². The number of nitrogens with zero attached hydrogens (tertiary/aromatic N) is 2. The molecule has 1 aromatic rings. The molecule has 21 heavy (non-hydrogen) atoms. The highest BCUT2D eigenvalue weighted by molar-refractivity contribution is 7.80. The van der Waals surface area contributed by atoms with E-state index < -0.39 is 0 Å². The highest BCUT2D eigenvalue weighted by atomic mass is 32.1. The highest BCUT2D eigenvalue weighted by Crippen LogP contribution is 2.34. The Labute approximate surface area is 132 Å². The van der Waals surface area contributed by atoms with Crippen molar-refractivity contribution < 1.29 is 0 Å². The van der Waals surface area contributed by atoms with E-state index in [2.05, 4.69) is 24.8 Å². The molecular formula is C17H25N3S. The van der Waals surface area contributed by atoms with Crippen LogP contribution in [0, 0.1) is 5.41 Å². The number of hydrogen-bond acceptors (Lipinski definition) is 3. The van der Waals surface area contributed by atoms with Gasteiger partial charge in [-0.25, -0.2) is 4.98 Å². The average molecular weight is 303 g/mol. The predicted octanol–water partition coefficient (Wildman–Crippen LogP) is 3.22. The second-order valence-electron chi connectivity index (χ2n) is 7.19. The van der Waals surface area contributed by atoms with Crippen LogP contribution in [0.25, 0.3) is 0 Å². The van der Waals surface area contributed by atoms with Crippen molar-refractivity contribution in [2.75, 3.05) is 18.0 Å². The Morgan fingerprint density at radius 3 is 2.57 bits per heavy atom. The molecule has 2 heterocycles. The standard InChI is InChI=1S/C17H25N3S/c1-17(2)7-9-20(10-8-17)16-13(15(18)21)11-12-5-3-4-6-14(12)19-16/h11H,3-10H2,1-2H3,(H2,18,21). The summed E-state index contributed by atoms with van der Waals surface area (Å²) in [5.74, 6) is 1.03. The number of thiocarbonyl (C=S) groups is 1. The Morgan fingerprint density at radius 1 is 1.24 bits per heavy atom. The lowest BCUT2D eigenvalue weighted by Gasteiger charge is -2.38. The summed E-state index contributed by atoms with van der Waals surface area (Å²) in [5.41, 5.74) is 10.0. The highest BCUT2D eigenvalue weighted by Gasteiger charge is 2.28. The SMILES string of the molecule is CC1(C)CCN(c2nc3c(cc2C(N)=S)CCCC3)CC1. The van der Waals surface area contributed by atoms with Crippen LogP contribution >= 0.6 is 12.2 Å². The molecule has 1 saturated heterocycles. The predicted molar refractivity (Wildman–Crippen MR) is 92.0 cm³/mol. The molecule has 0 amide bonds. The molecule has 1 aliphatic heterocycles. The maximum Gasteiger partial charge on any atom is 0.139 e. The number of nitrogens with two attached hydrogens (primary N) is 1. The first-order valence-corrected chi connectivity index (χ1v) is 8.45. The van der Waals surface area contributed by atoms with Crippen molar-refractivity contribution >= 4 is 23.0 Å². The van der Waals surface area contributed by atoms with Crippen LogP contribution in [-0.4, -0.2) is 23.1 Å². The molecule has 3 rings (SSSR count). The molecule has 114 valence electrons. The summed E-state index contributed by atoms with van der Waals surface area (Å²) in [5, 5.41) is 0. The van der Waals surface area contributed by atoms with Gasteiger partial charge in [0.1, 0.15) is 10.8 Å². The van der Waals surface area contributed by atoms with Crippen LogP contribution in [0.15, 0.2) is 6.07 Å². The van der Waals surface area contributed by atoms with E-state index in [1.807, 2.05) is 0 Å². The summed E-state index contributed by atoms with van der Waals surface area (Å²) in [7, 11) is 0. The summed E-state index contributed by atoms with van der Waals surface area (Å²) in [4.78, 5) is 7.83. The molecule has 1 fully saturated rings. The molecule has 0 bridgehead atoms. The first-order valence-electron chi connectivity index (χ1n) is 8.04. The zero-order valence-electron chi connectivity index (χ0n) is 13.1. The number of fused-ring (bicyclic) bond motifs is 1. The molecule has 2 N–H and O–H groups in total. The smallest absolute Gasteiger partial charge is 0.139 e. The van der Waals surface area contributed by atoms with Crippen molar-refractivity contribution in [1.82, 2.24) is 4.98 Å². The molecule has 0 spiro atoms. The van der Waals surface area contributed by atoms with Gasteiger partial charge in [-0.3, -0.25) is 0 Å². The van der Waals surface area contributed by atoms with Gasteiger partial charge in [-0.15, -0.1) is 0 Å². The third kappa shape index (κ3) is 3.05. The Morgan fingerprint density at radius 2 is 1.90 bits per heavy atom. The molecular weight excluding hydrogens is 278 g/mol. The van der Waals surface area contributed by atoms with E-state index in [1.54, 1.807) is 0 Å². The number of aromatic nitrogens is 1. The second kappa shape index (κ2) is 5.56. The first-order chi connectivity index (χ1) is 9.96. The van der Waals surface area contributed by atoms with Crippen molar-refractivity contribution in [1.29, 1.82) is 0 Å². The minimum absolute atomic E-state index is 0.439. The fourth-order valence-corrected chi connectivity index (χ4v) is 3.52. The second-order valence-corrected chi connectivity index (χ2v) is 7.63. The zero-order chi connectivity index (χ0) is 15.0. The summed E-state index contributed by atoms with van der Waals surface area (Å²) in [6.07, 6.45) is 7.11. The van der Waals surface area contributed by atoms with Gasteiger partial charge >= 0.3 is 0 Å². The van der Waals surface area contributed by atoms with Gasteiger partial charge in [0.15, 0.2) is 0 Å². The minimum atomic E-state index is 0.439. The van der Waals surface area contributed by atoms with Gasteiger partial charge < -0.3 is 10.6 Å². The van der Waals surface area contributed by atoms with Gasteiger partial charge in [0, 0.05) is 18.8 Å². The molecule has 0 radical (unpaired) electrons. The van der Waals surface area contributed by atoms with E-state index in [0.29, 0.717) is 10.4 Å². The van der Waals surface area contributed by atoms with Crippen LogP contribution < -0.4 is 10.6 Å². The van der Waals surface area contributed by atoms with Crippen LogP contribution in [0.4, 0.5) is 5.82 Å². The van der Waals surface area contributed by atoms with E-state index in [0.717, 1.165) is 37.3 Å². The number of aryl methyl sites for hydroxylation is 2. The number of pyridine rings is 1. The monoisotopic (exact) mass is 303 g/mol. The van der Waals surface area contributed by atoms with E-state index >= 15 is 0 Å². The molecule has 4 heteroatoms. The van der Waals surface area contributed by atoms with Crippen LogP contribution in [0.5, 0.6) is 0 Å². The Bertz CT molecular complexity index is 555. The van der Waals surface area contributed by atoms with Crippen molar-refractivity contribution in [2.24, 2.45) is 11.1 Å². The van der Waals surface area contributed by atoms with Crippen molar-refractivity contribution in [3.05, 3.63) is 22.9 Å². The van der Waals surface area contributed by atoms with E-state index in [4.69, 9.17) is 22.9 Å². The fraction of sp³-hybridized carbons (Fsp3) is 0.647. The molecule has 1 aliphatic carbocycles. The van der Waals surface area contributed by atoms with Crippen LogP contribution in [0.1, 0.15) is 56.4 Å². The number of rotatable bonds is 2. The topological polar surface area (TPSA) is 42.2 Å². The van der Waals surface area contributed by atoms with Gasteiger partial charge in [0.05, 0.1) is 5.56 Å². The van der Waals surface area contributed by atoms with Crippen molar-refractivity contribution in [3.8, 4) is 0 Å².